The van der Waals surface area contributed by atoms with Gasteiger partial charge in [-0.05, 0) is 79.4 Å². The zero-order chi connectivity index (χ0) is 28.0. The Morgan fingerprint density at radius 1 is 0.875 bits per heavy atom. The number of benzene rings is 3. The van der Waals surface area contributed by atoms with Crippen molar-refractivity contribution in [3.8, 4) is 16.9 Å². The van der Waals surface area contributed by atoms with E-state index in [0.717, 1.165) is 66.2 Å². The molecule has 0 unspecified atom stereocenters. The number of nitrogens with one attached hydrogen (secondary N) is 1. The predicted octanol–water partition coefficient (Wildman–Crippen LogP) is 5.81. The molecule has 40 heavy (non-hydrogen) atoms. The molecular formula is C34H35N3O3. The highest BCUT2D eigenvalue weighted by Crippen LogP contribution is 2.37. The third kappa shape index (κ3) is 6.13. The Morgan fingerprint density at radius 3 is 2.10 bits per heavy atom. The monoisotopic (exact) mass is 533 g/mol. The fourth-order valence-electron chi connectivity index (χ4n) is 5.43. The van der Waals surface area contributed by atoms with Gasteiger partial charge in [0, 0.05) is 24.8 Å². The Morgan fingerprint density at radius 2 is 1.52 bits per heavy atom. The van der Waals surface area contributed by atoms with E-state index in [1.807, 2.05) is 72.9 Å². The molecule has 4 aromatic rings. The van der Waals surface area contributed by atoms with Gasteiger partial charge in [0.1, 0.15) is 5.75 Å². The van der Waals surface area contributed by atoms with Crippen LogP contribution in [0.2, 0.25) is 0 Å². The molecule has 0 bridgehead atoms. The fourth-order valence-corrected chi connectivity index (χ4v) is 5.43. The first-order valence-corrected chi connectivity index (χ1v) is 13.7. The maximum Gasteiger partial charge on any atom is 0.231 e. The molecule has 2 heterocycles. The number of carbonyl (C=O) groups excluding carboxylic acids is 2. The van der Waals surface area contributed by atoms with Gasteiger partial charge in [0.25, 0.3) is 0 Å². The first kappa shape index (κ1) is 27.3. The number of ether oxygens (including phenoxy) is 1. The van der Waals surface area contributed by atoms with E-state index in [0.29, 0.717) is 12.1 Å². The average molecular weight is 534 g/mol. The highest BCUT2D eigenvalue weighted by atomic mass is 16.5. The van der Waals surface area contributed by atoms with E-state index in [2.05, 4.69) is 39.5 Å². The molecule has 0 spiro atoms. The van der Waals surface area contributed by atoms with Crippen LogP contribution in [0.1, 0.15) is 46.9 Å². The highest BCUT2D eigenvalue weighted by Gasteiger charge is 2.42. The number of ketones is 1. The van der Waals surface area contributed by atoms with Crippen molar-refractivity contribution in [2.75, 3.05) is 20.2 Å². The molecule has 1 amide bonds. The minimum absolute atomic E-state index is 0.0545. The number of piperidine rings is 1. The van der Waals surface area contributed by atoms with Crippen LogP contribution in [0.4, 0.5) is 0 Å². The van der Waals surface area contributed by atoms with Crippen molar-refractivity contribution in [1.29, 1.82) is 0 Å². The zero-order valence-corrected chi connectivity index (χ0v) is 23.1. The molecule has 1 N–H and O–H groups in total. The number of likely N-dealkylation sites (tertiary alicyclic amines) is 1. The van der Waals surface area contributed by atoms with Gasteiger partial charge >= 0.3 is 0 Å². The molecule has 0 saturated carbocycles. The van der Waals surface area contributed by atoms with Gasteiger partial charge in [-0.1, -0.05) is 66.7 Å². The molecule has 0 radical (unpaired) electrons. The lowest BCUT2D eigenvalue weighted by molar-refractivity contribution is -0.129. The number of nitrogens with zero attached hydrogens (tertiary/aromatic N) is 2. The number of amides is 1. The van der Waals surface area contributed by atoms with Crippen molar-refractivity contribution in [3.05, 3.63) is 120 Å². The molecule has 1 aromatic heterocycles. The van der Waals surface area contributed by atoms with Crippen molar-refractivity contribution in [3.63, 3.8) is 0 Å². The predicted molar refractivity (Wildman–Crippen MR) is 157 cm³/mol. The topological polar surface area (TPSA) is 71.5 Å². The first-order valence-electron chi connectivity index (χ1n) is 13.7. The van der Waals surface area contributed by atoms with Gasteiger partial charge in [-0.15, -0.1) is 0 Å². The second-order valence-electron chi connectivity index (χ2n) is 10.4. The molecule has 0 atom stereocenters. The maximum atomic E-state index is 13.9. The molecule has 1 aliphatic rings. The number of hydrogen-bond acceptors (Lipinski definition) is 5. The molecule has 0 aliphatic carbocycles. The summed E-state index contributed by atoms with van der Waals surface area (Å²) in [5, 5.41) is 3.23. The van der Waals surface area contributed by atoms with Crippen molar-refractivity contribution < 1.29 is 14.3 Å². The first-order chi connectivity index (χ1) is 19.5. The van der Waals surface area contributed by atoms with E-state index in [9.17, 15) is 9.59 Å². The molecule has 3 aromatic carbocycles. The van der Waals surface area contributed by atoms with E-state index in [-0.39, 0.29) is 11.7 Å². The summed E-state index contributed by atoms with van der Waals surface area (Å²) >= 11 is 0. The van der Waals surface area contributed by atoms with Crippen LogP contribution in [0.25, 0.3) is 11.1 Å². The van der Waals surface area contributed by atoms with Crippen LogP contribution in [-0.4, -0.2) is 41.8 Å². The lowest BCUT2D eigenvalue weighted by Crippen LogP contribution is -2.51. The van der Waals surface area contributed by atoms with E-state index in [1.54, 1.807) is 14.0 Å². The minimum atomic E-state index is -0.621. The van der Waals surface area contributed by atoms with Crippen LogP contribution in [-0.2, 0) is 23.3 Å². The van der Waals surface area contributed by atoms with E-state index < -0.39 is 5.41 Å². The largest absolute Gasteiger partial charge is 0.497 e. The van der Waals surface area contributed by atoms with Gasteiger partial charge in [0.15, 0.2) is 5.78 Å². The summed E-state index contributed by atoms with van der Waals surface area (Å²) in [6.45, 7) is 4.43. The van der Waals surface area contributed by atoms with Crippen LogP contribution in [0.15, 0.2) is 97.2 Å². The Bertz CT molecular complexity index is 1430. The Labute approximate surface area is 236 Å². The SMILES string of the molecule is COc1ccc(CNC(=O)C2(c3ccc(-c4ccc(C(C)=O)cc4)cc3)CCN(Cc3ccccn3)CC2)cc1. The Hall–Kier alpha value is -4.29. The van der Waals surface area contributed by atoms with Crippen molar-refractivity contribution in [1.82, 2.24) is 15.2 Å². The van der Waals surface area contributed by atoms with Crippen LogP contribution >= 0.6 is 0 Å². The molecule has 1 fully saturated rings. The summed E-state index contributed by atoms with van der Waals surface area (Å²) in [6, 6.07) is 29.8. The van der Waals surface area contributed by atoms with Gasteiger partial charge in [-0.25, -0.2) is 0 Å². The van der Waals surface area contributed by atoms with Gasteiger partial charge in [-0.2, -0.15) is 0 Å². The summed E-state index contributed by atoms with van der Waals surface area (Å²) in [7, 11) is 1.65. The van der Waals surface area contributed by atoms with E-state index >= 15 is 0 Å². The van der Waals surface area contributed by atoms with E-state index in [4.69, 9.17) is 4.74 Å². The number of rotatable bonds is 9. The lowest BCUT2D eigenvalue weighted by atomic mass is 9.71. The van der Waals surface area contributed by atoms with Gasteiger partial charge in [0.05, 0.1) is 18.2 Å². The highest BCUT2D eigenvalue weighted by molar-refractivity contribution is 5.94. The van der Waals surface area contributed by atoms with Gasteiger partial charge in [-0.3, -0.25) is 19.5 Å². The van der Waals surface area contributed by atoms with Crippen LogP contribution in [0.3, 0.4) is 0 Å². The summed E-state index contributed by atoms with van der Waals surface area (Å²) in [5.41, 5.74) is 5.27. The summed E-state index contributed by atoms with van der Waals surface area (Å²) in [5.74, 6) is 0.904. The van der Waals surface area contributed by atoms with Crippen LogP contribution < -0.4 is 10.1 Å². The average Bonchev–Trinajstić information content (AvgIpc) is 3.01. The molecular weight excluding hydrogens is 498 g/mol. The van der Waals surface area contributed by atoms with Gasteiger partial charge in [0.2, 0.25) is 5.91 Å². The molecule has 204 valence electrons. The van der Waals surface area contributed by atoms with Crippen molar-refractivity contribution >= 4 is 11.7 Å². The molecule has 5 rings (SSSR count). The summed E-state index contributed by atoms with van der Waals surface area (Å²) in [4.78, 5) is 32.5. The maximum absolute atomic E-state index is 13.9. The molecule has 6 heteroatoms. The number of aromatic nitrogens is 1. The normalized spacial score (nSPS) is 14.8. The zero-order valence-electron chi connectivity index (χ0n) is 23.1. The number of hydrogen-bond donors (Lipinski definition) is 1. The molecule has 1 aliphatic heterocycles. The van der Waals surface area contributed by atoms with Crippen molar-refractivity contribution in [2.24, 2.45) is 0 Å². The second kappa shape index (κ2) is 12.3. The minimum Gasteiger partial charge on any atom is -0.497 e. The third-order valence-corrected chi connectivity index (χ3v) is 7.93. The Kier molecular flexibility index (Phi) is 8.37. The molecule has 1 saturated heterocycles. The lowest BCUT2D eigenvalue weighted by Gasteiger charge is -2.41. The van der Waals surface area contributed by atoms with Crippen LogP contribution in [0, 0.1) is 0 Å². The second-order valence-corrected chi connectivity index (χ2v) is 10.4. The number of pyridine rings is 1. The summed E-state index contributed by atoms with van der Waals surface area (Å²) < 4.78 is 5.26. The van der Waals surface area contributed by atoms with Crippen LogP contribution in [0.5, 0.6) is 5.75 Å². The smallest absolute Gasteiger partial charge is 0.231 e. The van der Waals surface area contributed by atoms with E-state index in [1.165, 1.54) is 0 Å². The number of carbonyl (C=O) groups is 2. The number of methoxy groups -OCH3 is 1. The summed E-state index contributed by atoms with van der Waals surface area (Å²) in [6.07, 6.45) is 3.27. The van der Waals surface area contributed by atoms with Crippen molar-refractivity contribution in [2.45, 2.75) is 38.3 Å². The third-order valence-electron chi connectivity index (χ3n) is 7.93. The standard InChI is InChI=1S/C34H35N3O3/c1-25(38)27-8-10-28(11-9-27)29-12-14-30(15-13-29)34(33(39)36-23-26-6-16-32(40-2)17-7-26)18-21-37(22-19-34)24-31-5-3-4-20-35-31/h3-17,20H,18-19,21-24H2,1-2H3,(H,36,39). The molecule has 6 nitrogen and oxygen atoms in total. The Balaban J connectivity index is 1.36. The number of Topliss-reactive ketones (excluding diaryl/α,β-unsaturated/α-hetero) is 1. The fraction of sp³-hybridized carbons (Fsp3) is 0.265. The quantitative estimate of drug-likeness (QED) is 0.275. The van der Waals surface area contributed by atoms with Gasteiger partial charge < -0.3 is 10.1 Å².